The van der Waals surface area contributed by atoms with Gasteiger partial charge in [-0.05, 0) is 116 Å². The molecule has 416 valence electrons. The van der Waals surface area contributed by atoms with Crippen LogP contribution >= 0.6 is 0 Å². The Morgan fingerprint density at radius 2 is 0.589 bits per heavy atom. The quantitative estimate of drug-likeness (QED) is 0.0199. The number of allylic oxidation sites excluding steroid dienone is 18. The summed E-state index contributed by atoms with van der Waals surface area (Å²) in [6.45, 7) is 6.43. The van der Waals surface area contributed by atoms with E-state index in [0.29, 0.717) is 19.3 Å². The minimum absolute atomic E-state index is 0.100. The maximum atomic E-state index is 12.9. The average Bonchev–Trinajstić information content (AvgIpc) is 3.39. The maximum absolute atomic E-state index is 12.9. The van der Waals surface area contributed by atoms with Gasteiger partial charge in [-0.3, -0.25) is 14.4 Å². The molecule has 1 unspecified atom stereocenters. The van der Waals surface area contributed by atoms with Gasteiger partial charge in [-0.2, -0.15) is 0 Å². The summed E-state index contributed by atoms with van der Waals surface area (Å²) in [5.41, 5.74) is 0. The molecule has 1 atom stereocenters. The van der Waals surface area contributed by atoms with Crippen molar-refractivity contribution in [2.45, 2.75) is 284 Å². The molecule has 6 heteroatoms. The molecule has 0 rings (SSSR count). The van der Waals surface area contributed by atoms with Crippen molar-refractivity contribution in [3.8, 4) is 0 Å². The highest BCUT2D eigenvalue weighted by Gasteiger charge is 2.19. The molecule has 0 aromatic heterocycles. The van der Waals surface area contributed by atoms with Crippen molar-refractivity contribution in [3.05, 3.63) is 109 Å². The molecule has 0 heterocycles. The summed E-state index contributed by atoms with van der Waals surface area (Å²) < 4.78 is 16.9. The van der Waals surface area contributed by atoms with Crippen molar-refractivity contribution in [1.29, 1.82) is 0 Å². The number of hydrogen-bond donors (Lipinski definition) is 0. The summed E-state index contributed by atoms with van der Waals surface area (Å²) in [6.07, 6.45) is 82.2. The van der Waals surface area contributed by atoms with Gasteiger partial charge in [0.2, 0.25) is 0 Å². The van der Waals surface area contributed by atoms with Crippen molar-refractivity contribution in [1.82, 2.24) is 0 Å². The fourth-order valence-electron chi connectivity index (χ4n) is 8.21. The van der Waals surface area contributed by atoms with Crippen LogP contribution in [0.15, 0.2) is 109 Å². The number of carbonyl (C=O) groups is 3. The molecule has 0 radical (unpaired) electrons. The summed E-state index contributed by atoms with van der Waals surface area (Å²) in [4.78, 5) is 38.3. The molecule has 0 aliphatic heterocycles. The average molecular weight is 1010 g/mol. The van der Waals surface area contributed by atoms with Crippen LogP contribution in [-0.4, -0.2) is 37.2 Å². The Morgan fingerprint density at radius 3 is 0.973 bits per heavy atom. The van der Waals surface area contributed by atoms with Crippen LogP contribution in [-0.2, 0) is 28.6 Å². The van der Waals surface area contributed by atoms with Crippen LogP contribution in [0.2, 0.25) is 0 Å². The van der Waals surface area contributed by atoms with E-state index in [-0.39, 0.29) is 37.5 Å². The molecule has 0 amide bonds. The predicted molar refractivity (Wildman–Crippen MR) is 316 cm³/mol. The minimum Gasteiger partial charge on any atom is -0.462 e. The lowest BCUT2D eigenvalue weighted by atomic mass is 10.1. The van der Waals surface area contributed by atoms with E-state index < -0.39 is 6.10 Å². The van der Waals surface area contributed by atoms with E-state index in [2.05, 4.69) is 130 Å². The van der Waals surface area contributed by atoms with Gasteiger partial charge in [0.25, 0.3) is 0 Å². The highest BCUT2D eigenvalue weighted by atomic mass is 16.6. The Hall–Kier alpha value is -3.93. The zero-order valence-electron chi connectivity index (χ0n) is 47.6. The zero-order valence-corrected chi connectivity index (χ0v) is 47.6. The number of carbonyl (C=O) groups excluding carboxylic acids is 3. The predicted octanol–water partition coefficient (Wildman–Crippen LogP) is 20.7. The van der Waals surface area contributed by atoms with E-state index in [0.717, 1.165) is 83.5 Å². The smallest absolute Gasteiger partial charge is 0.306 e. The number of rotatable bonds is 54. The monoisotopic (exact) mass is 1010 g/mol. The second kappa shape index (κ2) is 60.6. The summed E-state index contributed by atoms with van der Waals surface area (Å²) in [7, 11) is 0. The highest BCUT2D eigenvalue weighted by molar-refractivity contribution is 5.71. The number of esters is 3. The fraction of sp³-hybridized carbons (Fsp3) is 0.687. The van der Waals surface area contributed by atoms with Gasteiger partial charge in [0.1, 0.15) is 13.2 Å². The maximum Gasteiger partial charge on any atom is 0.306 e. The minimum atomic E-state index is -0.807. The van der Waals surface area contributed by atoms with Gasteiger partial charge in [-0.1, -0.05) is 252 Å². The first-order chi connectivity index (χ1) is 36.0. The molecule has 0 aromatic carbocycles. The van der Waals surface area contributed by atoms with Crippen LogP contribution in [0.3, 0.4) is 0 Å². The molecule has 0 bridgehead atoms. The Bertz CT molecular complexity index is 1490. The standard InChI is InChI=1S/C67H112O6/c1-4-7-10-13-16-19-22-25-28-31-33-36-39-42-45-48-51-54-57-60-66(69)72-63-64(62-71-65(68)59-56-53-50-47-44-41-38-35-30-27-24-21-18-15-12-9-6-3)73-67(70)61-58-55-52-49-46-43-40-37-34-32-29-26-23-20-17-14-11-8-5-2/h7,10,16-21,23,25-28,30,38,41,47,50,64H,4-6,8-9,11-15,22,24,29,31-37,39-40,42-46,48-49,51-63H2,1-3H3/b10-7-,19-16-,20-17-,21-18-,26-23-,28-25-,30-27-,41-38-,50-47-. The Kier molecular flexibility index (Phi) is 57.4. The van der Waals surface area contributed by atoms with Crippen molar-refractivity contribution in [2.75, 3.05) is 13.2 Å². The third-order valence-corrected chi connectivity index (χ3v) is 12.8. The van der Waals surface area contributed by atoms with E-state index in [4.69, 9.17) is 14.2 Å². The van der Waals surface area contributed by atoms with Gasteiger partial charge in [0.05, 0.1) is 0 Å². The first-order valence-corrected chi connectivity index (χ1v) is 30.4. The van der Waals surface area contributed by atoms with Crippen LogP contribution < -0.4 is 0 Å². The molecule has 0 spiro atoms. The lowest BCUT2D eigenvalue weighted by Gasteiger charge is -2.18. The van der Waals surface area contributed by atoms with Crippen LogP contribution in [0.25, 0.3) is 0 Å². The van der Waals surface area contributed by atoms with Crippen molar-refractivity contribution in [3.63, 3.8) is 0 Å². The SMILES string of the molecule is CC/C=C\C/C=C\C/C=C\CCCCCCCCCCCC(=O)OCC(COC(=O)CCC/C=C\C/C=C\C/C=C\C/C=C\CCCCC)OC(=O)CCCCCCCCCCCC/C=C\C=C/CCCCC. The number of ether oxygens (including phenoxy) is 3. The molecule has 0 fully saturated rings. The van der Waals surface area contributed by atoms with Gasteiger partial charge in [0, 0.05) is 19.3 Å². The molecule has 0 saturated heterocycles. The van der Waals surface area contributed by atoms with Gasteiger partial charge >= 0.3 is 17.9 Å². The molecule has 6 nitrogen and oxygen atoms in total. The Labute approximate surface area is 450 Å². The molecule has 0 aliphatic carbocycles. The second-order valence-electron chi connectivity index (χ2n) is 19.9. The largest absolute Gasteiger partial charge is 0.462 e. The number of hydrogen-bond acceptors (Lipinski definition) is 6. The molecular formula is C67H112O6. The van der Waals surface area contributed by atoms with Crippen molar-refractivity contribution < 1.29 is 28.6 Å². The normalized spacial score (nSPS) is 12.9. The molecule has 73 heavy (non-hydrogen) atoms. The van der Waals surface area contributed by atoms with E-state index in [9.17, 15) is 14.4 Å². The van der Waals surface area contributed by atoms with E-state index in [1.807, 2.05) is 0 Å². The summed E-state index contributed by atoms with van der Waals surface area (Å²) in [5, 5.41) is 0. The number of unbranched alkanes of at least 4 members (excludes halogenated alkanes) is 26. The Balaban J connectivity index is 4.47. The third kappa shape index (κ3) is 58.8. The first-order valence-electron chi connectivity index (χ1n) is 30.4. The van der Waals surface area contributed by atoms with E-state index in [1.165, 1.54) is 148 Å². The molecule has 0 aliphatic rings. The highest BCUT2D eigenvalue weighted by Crippen LogP contribution is 2.15. The summed E-state index contributed by atoms with van der Waals surface area (Å²) in [6, 6.07) is 0. The van der Waals surface area contributed by atoms with Crippen LogP contribution in [0.4, 0.5) is 0 Å². The van der Waals surface area contributed by atoms with Gasteiger partial charge in [-0.25, -0.2) is 0 Å². The zero-order chi connectivity index (χ0) is 52.9. The van der Waals surface area contributed by atoms with Gasteiger partial charge in [-0.15, -0.1) is 0 Å². The van der Waals surface area contributed by atoms with Crippen LogP contribution in [0.1, 0.15) is 278 Å². The topological polar surface area (TPSA) is 78.9 Å². The van der Waals surface area contributed by atoms with Crippen LogP contribution in [0, 0.1) is 0 Å². The van der Waals surface area contributed by atoms with Crippen molar-refractivity contribution >= 4 is 17.9 Å². The molecular weight excluding hydrogens is 901 g/mol. The second-order valence-corrected chi connectivity index (χ2v) is 19.9. The van der Waals surface area contributed by atoms with Crippen molar-refractivity contribution in [2.24, 2.45) is 0 Å². The molecule has 0 aromatic rings. The Morgan fingerprint density at radius 1 is 0.301 bits per heavy atom. The van der Waals surface area contributed by atoms with Gasteiger partial charge < -0.3 is 14.2 Å². The van der Waals surface area contributed by atoms with Gasteiger partial charge in [0.15, 0.2) is 6.10 Å². The first kappa shape index (κ1) is 69.1. The fourth-order valence-corrected chi connectivity index (χ4v) is 8.21. The van der Waals surface area contributed by atoms with E-state index >= 15 is 0 Å². The summed E-state index contributed by atoms with van der Waals surface area (Å²) >= 11 is 0. The van der Waals surface area contributed by atoms with Crippen LogP contribution in [0.5, 0.6) is 0 Å². The summed E-state index contributed by atoms with van der Waals surface area (Å²) in [5.74, 6) is -0.963. The third-order valence-electron chi connectivity index (χ3n) is 12.8. The lowest BCUT2D eigenvalue weighted by Crippen LogP contribution is -2.30. The molecule has 0 saturated carbocycles. The lowest BCUT2D eigenvalue weighted by molar-refractivity contribution is -0.167. The van der Waals surface area contributed by atoms with E-state index in [1.54, 1.807) is 0 Å². The molecule has 0 N–H and O–H groups in total.